The highest BCUT2D eigenvalue weighted by molar-refractivity contribution is 5.98. The van der Waals surface area contributed by atoms with Gasteiger partial charge in [0.05, 0.1) is 13.2 Å². The number of nitrogens with zero attached hydrogens (tertiary/aromatic N) is 1. The summed E-state index contributed by atoms with van der Waals surface area (Å²) in [5.41, 5.74) is 2.31. The quantitative estimate of drug-likeness (QED) is 0.508. The summed E-state index contributed by atoms with van der Waals surface area (Å²) in [7, 11) is 1.57. The van der Waals surface area contributed by atoms with E-state index < -0.39 is 0 Å². The summed E-state index contributed by atoms with van der Waals surface area (Å²) < 4.78 is 4.92. The molecule has 8 nitrogen and oxygen atoms in total. The van der Waals surface area contributed by atoms with E-state index in [1.807, 2.05) is 23.1 Å². The Hall–Kier alpha value is -3.39. The van der Waals surface area contributed by atoms with Gasteiger partial charge in [0, 0.05) is 49.2 Å². The molecule has 0 bridgehead atoms. The lowest BCUT2D eigenvalue weighted by molar-refractivity contribution is -0.114. The third-order valence-electron chi connectivity index (χ3n) is 5.46. The van der Waals surface area contributed by atoms with Gasteiger partial charge >= 0.3 is 0 Å². The zero-order valence-corrected chi connectivity index (χ0v) is 19.1. The van der Waals surface area contributed by atoms with Gasteiger partial charge in [-0.3, -0.25) is 14.4 Å². The molecule has 1 fully saturated rings. The lowest BCUT2D eigenvalue weighted by Gasteiger charge is -2.20. The number of methoxy groups -OCH3 is 1. The minimum absolute atomic E-state index is 0.0330. The minimum atomic E-state index is -0.254. The fourth-order valence-corrected chi connectivity index (χ4v) is 3.71. The Morgan fingerprint density at radius 3 is 2.30 bits per heavy atom. The molecule has 0 spiro atoms. The number of benzene rings is 2. The zero-order valence-electron chi connectivity index (χ0n) is 19.1. The molecule has 1 aliphatic heterocycles. The van der Waals surface area contributed by atoms with Crippen molar-refractivity contribution in [3.63, 3.8) is 0 Å². The molecule has 176 valence electrons. The molecule has 1 aliphatic rings. The number of rotatable bonds is 9. The highest BCUT2D eigenvalue weighted by Gasteiger charge is 2.17. The fourth-order valence-electron chi connectivity index (χ4n) is 3.71. The molecule has 0 radical (unpaired) electrons. The summed E-state index contributed by atoms with van der Waals surface area (Å²) in [5, 5.41) is 8.61. The number of amides is 3. The average molecular weight is 453 g/mol. The maximum atomic E-state index is 12.8. The molecule has 1 heterocycles. The Morgan fingerprint density at radius 1 is 0.909 bits per heavy atom. The van der Waals surface area contributed by atoms with Crippen LogP contribution >= 0.6 is 0 Å². The fraction of sp³-hybridized carbons (Fsp3) is 0.400. The van der Waals surface area contributed by atoms with Crippen molar-refractivity contribution in [2.75, 3.05) is 50.5 Å². The van der Waals surface area contributed by atoms with Crippen LogP contribution in [0.2, 0.25) is 0 Å². The Balaban J connectivity index is 1.53. The molecule has 3 amide bonds. The third-order valence-corrected chi connectivity index (χ3v) is 5.46. The highest BCUT2D eigenvalue weighted by Crippen LogP contribution is 2.17. The number of likely N-dealkylation sites (tertiary alicyclic amines) is 1. The largest absolute Gasteiger partial charge is 0.383 e. The van der Waals surface area contributed by atoms with Gasteiger partial charge in [0.15, 0.2) is 0 Å². The average Bonchev–Trinajstić information content (AvgIpc) is 3.12. The SMILES string of the molecule is COCCNC(=O)c1cccc(NC(=O)CNc2cccc(C(=O)N3CCCCCC3)c2)c1. The van der Waals surface area contributed by atoms with Gasteiger partial charge in [-0.25, -0.2) is 0 Å². The number of anilines is 2. The van der Waals surface area contributed by atoms with Crippen molar-refractivity contribution < 1.29 is 19.1 Å². The van der Waals surface area contributed by atoms with Crippen LogP contribution in [0.25, 0.3) is 0 Å². The Bertz CT molecular complexity index is 955. The maximum Gasteiger partial charge on any atom is 0.253 e. The van der Waals surface area contributed by atoms with Crippen LogP contribution in [0.15, 0.2) is 48.5 Å². The van der Waals surface area contributed by atoms with E-state index >= 15 is 0 Å². The molecule has 2 aromatic rings. The number of carbonyl (C=O) groups is 3. The van der Waals surface area contributed by atoms with Gasteiger partial charge in [-0.2, -0.15) is 0 Å². The number of carbonyl (C=O) groups excluding carboxylic acids is 3. The van der Waals surface area contributed by atoms with Crippen LogP contribution in [0.1, 0.15) is 46.4 Å². The van der Waals surface area contributed by atoms with Gasteiger partial charge in [0.1, 0.15) is 0 Å². The standard InChI is InChI=1S/C25H32N4O4/c1-33-15-12-26-24(31)19-8-6-11-22(16-19)28-23(30)18-27-21-10-7-9-20(17-21)25(32)29-13-4-2-3-5-14-29/h6-11,16-17,27H,2-5,12-15,18H2,1H3,(H,26,31)(H,28,30). The van der Waals surface area contributed by atoms with E-state index in [2.05, 4.69) is 16.0 Å². The second-order valence-electron chi connectivity index (χ2n) is 8.02. The minimum Gasteiger partial charge on any atom is -0.383 e. The monoisotopic (exact) mass is 452 g/mol. The molecule has 8 heteroatoms. The predicted octanol–water partition coefficient (Wildman–Crippen LogP) is 3.13. The van der Waals surface area contributed by atoms with Gasteiger partial charge < -0.3 is 25.6 Å². The van der Waals surface area contributed by atoms with Crippen LogP contribution in [0.3, 0.4) is 0 Å². The van der Waals surface area contributed by atoms with Crippen LogP contribution in [-0.2, 0) is 9.53 Å². The summed E-state index contributed by atoms with van der Waals surface area (Å²) in [6.07, 6.45) is 4.42. The van der Waals surface area contributed by atoms with Crippen LogP contribution < -0.4 is 16.0 Å². The molecule has 3 rings (SSSR count). The molecule has 0 atom stereocenters. The van der Waals surface area contributed by atoms with Crippen LogP contribution in [0.5, 0.6) is 0 Å². The number of nitrogens with one attached hydrogen (secondary N) is 3. The van der Waals surface area contributed by atoms with E-state index in [0.717, 1.165) is 25.9 Å². The van der Waals surface area contributed by atoms with Gasteiger partial charge in [0.25, 0.3) is 11.8 Å². The first-order chi connectivity index (χ1) is 16.1. The van der Waals surface area contributed by atoms with Gasteiger partial charge in [0.2, 0.25) is 5.91 Å². The van der Waals surface area contributed by atoms with Crippen molar-refractivity contribution in [3.8, 4) is 0 Å². The summed E-state index contributed by atoms with van der Waals surface area (Å²) in [5.74, 6) is -0.450. The smallest absolute Gasteiger partial charge is 0.253 e. The normalized spacial score (nSPS) is 13.7. The van der Waals surface area contributed by atoms with Gasteiger partial charge in [-0.05, 0) is 49.2 Å². The molecule has 2 aromatic carbocycles. The van der Waals surface area contributed by atoms with Crippen LogP contribution in [0.4, 0.5) is 11.4 Å². The first kappa shape index (κ1) is 24.3. The van der Waals surface area contributed by atoms with E-state index in [4.69, 9.17) is 4.74 Å². The summed E-state index contributed by atoms with van der Waals surface area (Å²) in [4.78, 5) is 39.3. The summed E-state index contributed by atoms with van der Waals surface area (Å²) in [6.45, 7) is 2.46. The Kier molecular flexibility index (Phi) is 9.26. The lowest BCUT2D eigenvalue weighted by atomic mass is 10.1. The molecule has 0 saturated carbocycles. The predicted molar refractivity (Wildman–Crippen MR) is 129 cm³/mol. The van der Waals surface area contributed by atoms with E-state index in [1.165, 1.54) is 12.8 Å². The topological polar surface area (TPSA) is 99.8 Å². The second kappa shape index (κ2) is 12.6. The molecule has 3 N–H and O–H groups in total. The van der Waals surface area contributed by atoms with E-state index in [1.54, 1.807) is 37.4 Å². The summed E-state index contributed by atoms with van der Waals surface area (Å²) in [6, 6.07) is 14.0. The van der Waals surface area contributed by atoms with Crippen molar-refractivity contribution in [2.45, 2.75) is 25.7 Å². The lowest BCUT2D eigenvalue weighted by Crippen LogP contribution is -2.31. The van der Waals surface area contributed by atoms with Crippen molar-refractivity contribution in [1.82, 2.24) is 10.2 Å². The number of hydrogen-bond donors (Lipinski definition) is 3. The van der Waals surface area contributed by atoms with Gasteiger partial charge in [-0.15, -0.1) is 0 Å². The van der Waals surface area contributed by atoms with Crippen molar-refractivity contribution in [3.05, 3.63) is 59.7 Å². The Morgan fingerprint density at radius 2 is 1.58 bits per heavy atom. The van der Waals surface area contributed by atoms with E-state index in [-0.39, 0.29) is 24.3 Å². The molecular formula is C25H32N4O4. The van der Waals surface area contributed by atoms with Gasteiger partial charge in [-0.1, -0.05) is 25.0 Å². The third kappa shape index (κ3) is 7.61. The second-order valence-corrected chi connectivity index (χ2v) is 8.02. The van der Waals surface area contributed by atoms with Crippen molar-refractivity contribution in [2.24, 2.45) is 0 Å². The Labute approximate surface area is 194 Å². The zero-order chi connectivity index (χ0) is 23.5. The molecule has 0 aliphatic carbocycles. The number of hydrogen-bond acceptors (Lipinski definition) is 5. The van der Waals surface area contributed by atoms with Crippen molar-refractivity contribution in [1.29, 1.82) is 0 Å². The van der Waals surface area contributed by atoms with Crippen LogP contribution in [0, 0.1) is 0 Å². The molecule has 33 heavy (non-hydrogen) atoms. The first-order valence-electron chi connectivity index (χ1n) is 11.4. The van der Waals surface area contributed by atoms with E-state index in [9.17, 15) is 14.4 Å². The maximum absolute atomic E-state index is 12.8. The number of ether oxygens (including phenoxy) is 1. The molecular weight excluding hydrogens is 420 g/mol. The van der Waals surface area contributed by atoms with E-state index in [0.29, 0.717) is 35.7 Å². The highest BCUT2D eigenvalue weighted by atomic mass is 16.5. The molecule has 0 aromatic heterocycles. The summed E-state index contributed by atoms with van der Waals surface area (Å²) >= 11 is 0. The molecule has 0 unspecified atom stereocenters. The van der Waals surface area contributed by atoms with Crippen molar-refractivity contribution >= 4 is 29.1 Å². The van der Waals surface area contributed by atoms with Crippen LogP contribution in [-0.4, -0.2) is 62.5 Å². The first-order valence-corrected chi connectivity index (χ1v) is 11.4. The molecule has 1 saturated heterocycles.